The summed E-state index contributed by atoms with van der Waals surface area (Å²) < 4.78 is 11.2. The first-order chi connectivity index (χ1) is 7.75. The maximum absolute atomic E-state index is 11.2. The van der Waals surface area contributed by atoms with Gasteiger partial charge in [-0.2, -0.15) is 0 Å². The van der Waals surface area contributed by atoms with E-state index in [9.17, 15) is 4.21 Å². The van der Waals surface area contributed by atoms with Crippen LogP contribution in [-0.2, 0) is 17.2 Å². The quantitative estimate of drug-likeness (QED) is 0.890. The molecule has 1 N–H and O–H groups in total. The number of hydrogen-bond donors (Lipinski definition) is 1. The maximum Gasteiger partial charge on any atom is 0.0797 e. The SMILES string of the molecule is Cc1ncsc1CCNC1CCS(=O)CC1. The molecule has 1 aromatic rings. The summed E-state index contributed by atoms with van der Waals surface area (Å²) in [5.74, 6) is 1.74. The van der Waals surface area contributed by atoms with Gasteiger partial charge in [0.05, 0.1) is 11.2 Å². The van der Waals surface area contributed by atoms with Crippen LogP contribution in [0.1, 0.15) is 23.4 Å². The molecule has 1 saturated heterocycles. The van der Waals surface area contributed by atoms with Crippen molar-refractivity contribution in [2.75, 3.05) is 18.1 Å². The molecule has 1 aliphatic heterocycles. The third-order valence-electron chi connectivity index (χ3n) is 3.02. The largest absolute Gasteiger partial charge is 0.314 e. The molecule has 0 aromatic carbocycles. The molecule has 16 heavy (non-hydrogen) atoms. The van der Waals surface area contributed by atoms with Crippen molar-refractivity contribution < 1.29 is 4.21 Å². The molecule has 0 bridgehead atoms. The van der Waals surface area contributed by atoms with Gasteiger partial charge in [0, 0.05) is 39.8 Å². The lowest BCUT2D eigenvalue weighted by Gasteiger charge is -2.22. The van der Waals surface area contributed by atoms with Crippen LogP contribution >= 0.6 is 11.3 Å². The van der Waals surface area contributed by atoms with Crippen molar-refractivity contribution in [3.8, 4) is 0 Å². The highest BCUT2D eigenvalue weighted by Gasteiger charge is 2.16. The molecule has 90 valence electrons. The topological polar surface area (TPSA) is 42.0 Å². The summed E-state index contributed by atoms with van der Waals surface area (Å²) in [5.41, 5.74) is 3.07. The first-order valence-electron chi connectivity index (χ1n) is 5.73. The van der Waals surface area contributed by atoms with Crippen LogP contribution in [0.5, 0.6) is 0 Å². The van der Waals surface area contributed by atoms with Crippen LogP contribution in [0.25, 0.3) is 0 Å². The number of aromatic nitrogens is 1. The van der Waals surface area contributed by atoms with Gasteiger partial charge in [-0.1, -0.05) is 0 Å². The summed E-state index contributed by atoms with van der Waals surface area (Å²) in [6.07, 6.45) is 3.19. The van der Waals surface area contributed by atoms with Crippen molar-refractivity contribution in [2.24, 2.45) is 0 Å². The number of nitrogens with zero attached hydrogens (tertiary/aromatic N) is 1. The van der Waals surface area contributed by atoms with Gasteiger partial charge >= 0.3 is 0 Å². The fraction of sp³-hybridized carbons (Fsp3) is 0.727. The van der Waals surface area contributed by atoms with Crippen LogP contribution in [0.15, 0.2) is 5.51 Å². The van der Waals surface area contributed by atoms with Crippen LogP contribution in [0.2, 0.25) is 0 Å². The molecule has 0 amide bonds. The van der Waals surface area contributed by atoms with Gasteiger partial charge in [0.1, 0.15) is 0 Å². The van der Waals surface area contributed by atoms with Gasteiger partial charge in [0.15, 0.2) is 0 Å². The Hall–Kier alpha value is -0.260. The van der Waals surface area contributed by atoms with Crippen molar-refractivity contribution in [3.05, 3.63) is 16.1 Å². The Morgan fingerprint density at radius 3 is 2.94 bits per heavy atom. The normalized spacial score (nSPS) is 25.8. The van der Waals surface area contributed by atoms with E-state index in [-0.39, 0.29) is 0 Å². The highest BCUT2D eigenvalue weighted by Crippen LogP contribution is 2.13. The van der Waals surface area contributed by atoms with Crippen LogP contribution in [0, 0.1) is 6.92 Å². The van der Waals surface area contributed by atoms with Crippen LogP contribution in [0.4, 0.5) is 0 Å². The van der Waals surface area contributed by atoms with Crippen molar-refractivity contribution in [1.29, 1.82) is 0 Å². The minimum atomic E-state index is -0.548. The summed E-state index contributed by atoms with van der Waals surface area (Å²) in [6.45, 7) is 3.08. The molecule has 0 unspecified atom stereocenters. The standard InChI is InChI=1S/C11H18N2OS2/c1-9-11(15-8-13-9)2-5-12-10-3-6-16(14)7-4-10/h8,10,12H,2-7H2,1H3. The zero-order valence-corrected chi connectivity index (χ0v) is 11.2. The Morgan fingerprint density at radius 1 is 1.56 bits per heavy atom. The zero-order valence-electron chi connectivity index (χ0n) is 9.57. The smallest absolute Gasteiger partial charge is 0.0797 e. The van der Waals surface area contributed by atoms with E-state index in [1.807, 2.05) is 5.51 Å². The Kier molecular flexibility index (Phi) is 4.49. The van der Waals surface area contributed by atoms with Gasteiger partial charge in [0.2, 0.25) is 0 Å². The highest BCUT2D eigenvalue weighted by molar-refractivity contribution is 7.85. The Morgan fingerprint density at radius 2 is 2.31 bits per heavy atom. The van der Waals surface area contributed by atoms with E-state index < -0.39 is 10.8 Å². The molecule has 0 spiro atoms. The van der Waals surface area contributed by atoms with E-state index in [2.05, 4.69) is 17.2 Å². The number of thiazole rings is 1. The van der Waals surface area contributed by atoms with E-state index in [0.717, 1.165) is 43.0 Å². The van der Waals surface area contributed by atoms with Crippen molar-refractivity contribution >= 4 is 22.1 Å². The molecule has 0 saturated carbocycles. The summed E-state index contributed by atoms with van der Waals surface area (Å²) in [7, 11) is -0.548. The molecule has 0 aliphatic carbocycles. The van der Waals surface area contributed by atoms with Gasteiger partial charge in [-0.25, -0.2) is 4.98 Å². The second-order valence-corrected chi connectivity index (χ2v) is 6.82. The highest BCUT2D eigenvalue weighted by atomic mass is 32.2. The van der Waals surface area contributed by atoms with Gasteiger partial charge in [-0.15, -0.1) is 11.3 Å². The minimum absolute atomic E-state index is 0.548. The molecule has 3 nitrogen and oxygen atoms in total. The van der Waals surface area contributed by atoms with E-state index in [1.54, 1.807) is 11.3 Å². The predicted octanol–water partition coefficient (Wildman–Crippen LogP) is 1.49. The average molecular weight is 258 g/mol. The van der Waals surface area contributed by atoms with E-state index >= 15 is 0 Å². The zero-order chi connectivity index (χ0) is 11.4. The summed E-state index contributed by atoms with van der Waals surface area (Å²) >= 11 is 1.74. The van der Waals surface area contributed by atoms with E-state index in [4.69, 9.17) is 0 Å². The second-order valence-electron chi connectivity index (χ2n) is 4.19. The molecule has 0 radical (unpaired) electrons. The molecule has 2 rings (SSSR count). The first-order valence-corrected chi connectivity index (χ1v) is 8.10. The Labute approximate surface area is 103 Å². The van der Waals surface area contributed by atoms with Crippen LogP contribution in [-0.4, -0.2) is 33.3 Å². The summed E-state index contributed by atoms with van der Waals surface area (Å²) in [6, 6.07) is 0.575. The maximum atomic E-state index is 11.2. The summed E-state index contributed by atoms with van der Waals surface area (Å²) in [4.78, 5) is 5.62. The number of nitrogens with one attached hydrogen (secondary N) is 1. The van der Waals surface area contributed by atoms with Crippen LogP contribution < -0.4 is 5.32 Å². The molecule has 1 aromatic heterocycles. The van der Waals surface area contributed by atoms with E-state index in [0.29, 0.717) is 6.04 Å². The minimum Gasteiger partial charge on any atom is -0.314 e. The number of rotatable bonds is 4. The van der Waals surface area contributed by atoms with Crippen molar-refractivity contribution in [3.63, 3.8) is 0 Å². The number of aryl methyl sites for hydroxylation is 1. The monoisotopic (exact) mass is 258 g/mol. The second kappa shape index (κ2) is 5.89. The average Bonchev–Trinajstić information content (AvgIpc) is 2.68. The molecular weight excluding hydrogens is 240 g/mol. The third-order valence-corrected chi connectivity index (χ3v) is 5.39. The lowest BCUT2D eigenvalue weighted by atomic mass is 10.1. The fourth-order valence-electron chi connectivity index (χ4n) is 1.95. The molecule has 1 fully saturated rings. The summed E-state index contributed by atoms with van der Waals surface area (Å²) in [5, 5.41) is 3.55. The lowest BCUT2D eigenvalue weighted by molar-refractivity contribution is 0.479. The first kappa shape index (κ1) is 12.2. The lowest BCUT2D eigenvalue weighted by Crippen LogP contribution is -2.36. The molecule has 0 atom stereocenters. The molecule has 1 aliphatic rings. The molecular formula is C11H18N2OS2. The van der Waals surface area contributed by atoms with Gasteiger partial charge in [-0.3, -0.25) is 4.21 Å². The van der Waals surface area contributed by atoms with Crippen LogP contribution in [0.3, 0.4) is 0 Å². The Balaban J connectivity index is 1.68. The van der Waals surface area contributed by atoms with Gasteiger partial charge in [0.25, 0.3) is 0 Å². The Bertz CT molecular complexity index is 355. The molecule has 2 heterocycles. The van der Waals surface area contributed by atoms with Crippen molar-refractivity contribution in [2.45, 2.75) is 32.2 Å². The van der Waals surface area contributed by atoms with Gasteiger partial charge < -0.3 is 5.32 Å². The van der Waals surface area contributed by atoms with Gasteiger partial charge in [-0.05, 0) is 26.2 Å². The van der Waals surface area contributed by atoms with Crippen molar-refractivity contribution in [1.82, 2.24) is 10.3 Å². The fourth-order valence-corrected chi connectivity index (χ4v) is 4.03. The predicted molar refractivity (Wildman–Crippen MR) is 69.5 cm³/mol. The van der Waals surface area contributed by atoms with E-state index in [1.165, 1.54) is 4.88 Å². The molecule has 5 heteroatoms. The number of hydrogen-bond acceptors (Lipinski definition) is 4. The third kappa shape index (κ3) is 3.37.